The molecule has 19 heavy (non-hydrogen) atoms. The summed E-state index contributed by atoms with van der Waals surface area (Å²) < 4.78 is 40.3. The zero-order chi connectivity index (χ0) is 13.9. The Morgan fingerprint density at radius 1 is 1.26 bits per heavy atom. The van der Waals surface area contributed by atoms with E-state index in [9.17, 15) is 18.3 Å². The second-order valence-electron chi connectivity index (χ2n) is 4.79. The van der Waals surface area contributed by atoms with E-state index in [2.05, 4.69) is 14.7 Å². The Morgan fingerprint density at radius 2 is 1.95 bits per heavy atom. The number of aliphatic hydroxyl groups excluding tert-OH is 1. The van der Waals surface area contributed by atoms with Gasteiger partial charge in [0.2, 0.25) is 11.0 Å². The van der Waals surface area contributed by atoms with Crippen molar-refractivity contribution in [1.82, 2.24) is 9.36 Å². The monoisotopic (exact) mass is 295 g/mol. The summed E-state index contributed by atoms with van der Waals surface area (Å²) in [5.74, 6) is -0.574. The summed E-state index contributed by atoms with van der Waals surface area (Å²) >= 11 is 0.719. The molecule has 1 heterocycles. The number of aromatic nitrogens is 2. The smallest absolute Gasteiger partial charge is 0.396 e. The van der Waals surface area contributed by atoms with Crippen LogP contribution in [0.15, 0.2) is 0 Å². The first-order chi connectivity index (χ1) is 9.00. The molecule has 2 unspecified atom stereocenters. The Bertz CT molecular complexity index is 410. The molecule has 0 radical (unpaired) electrons. The Hall–Kier alpha value is -0.890. The highest BCUT2D eigenvalue weighted by atomic mass is 32.1. The molecule has 1 aliphatic rings. The van der Waals surface area contributed by atoms with Crippen LogP contribution in [0.25, 0.3) is 0 Å². The number of rotatable bonds is 4. The number of hydrogen-bond acceptors (Lipinski definition) is 5. The highest BCUT2D eigenvalue weighted by Gasteiger charge is 2.36. The van der Waals surface area contributed by atoms with Crippen molar-refractivity contribution in [3.63, 3.8) is 0 Å². The van der Waals surface area contributed by atoms with E-state index in [4.69, 9.17) is 0 Å². The number of halogens is 3. The highest BCUT2D eigenvalue weighted by Crippen LogP contribution is 2.31. The molecule has 0 saturated heterocycles. The Labute approximate surface area is 113 Å². The fraction of sp³-hybridized carbons (Fsp3) is 0.818. The molecular weight excluding hydrogens is 279 g/mol. The molecule has 1 aromatic heterocycles. The summed E-state index contributed by atoms with van der Waals surface area (Å²) in [6.45, 7) is 0.675. The second-order valence-corrected chi connectivity index (χ2v) is 5.54. The lowest BCUT2D eigenvalue weighted by atomic mass is 9.80. The second kappa shape index (κ2) is 6.04. The van der Waals surface area contributed by atoms with Gasteiger partial charge < -0.3 is 10.4 Å². The number of nitrogens with one attached hydrogen (secondary N) is 1. The lowest BCUT2D eigenvalue weighted by molar-refractivity contribution is -0.144. The molecule has 0 aliphatic heterocycles. The van der Waals surface area contributed by atoms with Crippen LogP contribution in [0.1, 0.15) is 31.5 Å². The zero-order valence-electron chi connectivity index (χ0n) is 10.3. The first kappa shape index (κ1) is 14.5. The Kier molecular flexibility index (Phi) is 4.62. The lowest BCUT2D eigenvalue weighted by Crippen LogP contribution is -2.28. The molecule has 1 aliphatic carbocycles. The number of alkyl halides is 3. The lowest BCUT2D eigenvalue weighted by Gasteiger charge is -2.30. The van der Waals surface area contributed by atoms with Gasteiger partial charge in [-0.25, -0.2) is 0 Å². The van der Waals surface area contributed by atoms with E-state index in [1.165, 1.54) is 0 Å². The average Bonchev–Trinajstić information content (AvgIpc) is 2.85. The molecule has 0 spiro atoms. The summed E-state index contributed by atoms with van der Waals surface area (Å²) in [6.07, 6.45) is -0.309. The first-order valence-electron chi connectivity index (χ1n) is 6.26. The number of hydrogen-bond donors (Lipinski definition) is 2. The minimum Gasteiger partial charge on any atom is -0.396 e. The molecule has 2 N–H and O–H groups in total. The molecule has 2 atom stereocenters. The van der Waals surface area contributed by atoms with E-state index < -0.39 is 12.0 Å². The van der Waals surface area contributed by atoms with Crippen LogP contribution in [0.5, 0.6) is 0 Å². The zero-order valence-corrected chi connectivity index (χ0v) is 11.1. The van der Waals surface area contributed by atoms with Gasteiger partial charge in [-0.15, -0.1) is 0 Å². The van der Waals surface area contributed by atoms with Gasteiger partial charge in [-0.1, -0.05) is 12.8 Å². The fourth-order valence-electron chi connectivity index (χ4n) is 2.42. The van der Waals surface area contributed by atoms with Gasteiger partial charge in [-0.3, -0.25) is 0 Å². The maximum absolute atomic E-state index is 12.3. The minimum atomic E-state index is -4.49. The van der Waals surface area contributed by atoms with Crippen LogP contribution in [-0.4, -0.2) is 27.6 Å². The number of nitrogens with zero attached hydrogens (tertiary/aromatic N) is 2. The molecule has 8 heteroatoms. The fourth-order valence-corrected chi connectivity index (χ4v) is 3.01. The third kappa shape index (κ3) is 3.79. The standard InChI is InChI=1S/C11H16F3N3OS/c12-11(13,14)9-16-10(19-17-9)15-5-7-3-1-2-4-8(7)6-18/h7-8,18H,1-6H2,(H,15,16,17). The molecule has 1 fully saturated rings. The summed E-state index contributed by atoms with van der Waals surface area (Å²) in [5, 5.41) is 12.4. The normalized spacial score (nSPS) is 24.4. The van der Waals surface area contributed by atoms with Crippen molar-refractivity contribution in [1.29, 1.82) is 0 Å². The average molecular weight is 295 g/mol. The van der Waals surface area contributed by atoms with Gasteiger partial charge in [-0.2, -0.15) is 22.5 Å². The van der Waals surface area contributed by atoms with Crippen molar-refractivity contribution >= 4 is 16.7 Å². The van der Waals surface area contributed by atoms with E-state index in [1.807, 2.05) is 0 Å². The van der Waals surface area contributed by atoms with Crippen molar-refractivity contribution in [3.05, 3.63) is 5.82 Å². The van der Waals surface area contributed by atoms with Gasteiger partial charge in [0.05, 0.1) is 0 Å². The molecule has 1 saturated carbocycles. The summed E-state index contributed by atoms with van der Waals surface area (Å²) in [5.41, 5.74) is 0. The van der Waals surface area contributed by atoms with E-state index in [-0.39, 0.29) is 23.6 Å². The molecule has 0 bridgehead atoms. The molecule has 0 aromatic carbocycles. The SMILES string of the molecule is OCC1CCCCC1CNc1nc(C(F)(F)F)ns1. The predicted octanol–water partition coefficient (Wildman–Crippen LogP) is 2.77. The molecule has 1 aromatic rings. The third-order valence-corrected chi connectivity index (χ3v) is 4.17. The van der Waals surface area contributed by atoms with Crippen molar-refractivity contribution < 1.29 is 18.3 Å². The van der Waals surface area contributed by atoms with Crippen LogP contribution in [0.3, 0.4) is 0 Å². The maximum Gasteiger partial charge on any atom is 0.452 e. The van der Waals surface area contributed by atoms with Crippen molar-refractivity contribution in [3.8, 4) is 0 Å². The third-order valence-electron chi connectivity index (χ3n) is 3.50. The van der Waals surface area contributed by atoms with Crippen molar-refractivity contribution in [2.24, 2.45) is 11.8 Å². The summed E-state index contributed by atoms with van der Waals surface area (Å²) in [7, 11) is 0. The largest absolute Gasteiger partial charge is 0.452 e. The molecule has 108 valence electrons. The summed E-state index contributed by atoms with van der Waals surface area (Å²) in [6, 6.07) is 0. The van der Waals surface area contributed by atoms with Gasteiger partial charge in [0.1, 0.15) is 0 Å². The molecular formula is C11H16F3N3OS. The van der Waals surface area contributed by atoms with E-state index in [0.717, 1.165) is 37.2 Å². The van der Waals surface area contributed by atoms with Gasteiger partial charge in [0.15, 0.2) is 0 Å². The minimum absolute atomic E-state index is 0.135. The van der Waals surface area contributed by atoms with Crippen molar-refractivity contribution in [2.45, 2.75) is 31.9 Å². The molecule has 4 nitrogen and oxygen atoms in total. The van der Waals surface area contributed by atoms with Gasteiger partial charge in [-0.05, 0) is 24.7 Å². The number of aliphatic hydroxyl groups is 1. The van der Waals surface area contributed by atoms with Gasteiger partial charge >= 0.3 is 6.18 Å². The van der Waals surface area contributed by atoms with Crippen molar-refractivity contribution in [2.75, 3.05) is 18.5 Å². The van der Waals surface area contributed by atoms with Gasteiger partial charge in [0.25, 0.3) is 0 Å². The van der Waals surface area contributed by atoms with Crippen LogP contribution < -0.4 is 5.32 Å². The van der Waals surface area contributed by atoms with Crippen LogP contribution in [0.4, 0.5) is 18.3 Å². The van der Waals surface area contributed by atoms with Crippen LogP contribution in [0, 0.1) is 11.8 Å². The van der Waals surface area contributed by atoms with Crippen LogP contribution >= 0.6 is 11.5 Å². The van der Waals surface area contributed by atoms with Crippen LogP contribution in [0.2, 0.25) is 0 Å². The molecule has 0 amide bonds. The molecule has 2 rings (SSSR count). The quantitative estimate of drug-likeness (QED) is 0.897. The summed E-state index contributed by atoms with van der Waals surface area (Å²) in [4.78, 5) is 3.43. The topological polar surface area (TPSA) is 58.0 Å². The van der Waals surface area contributed by atoms with Crippen LogP contribution in [-0.2, 0) is 6.18 Å². The maximum atomic E-state index is 12.3. The predicted molar refractivity (Wildman–Crippen MR) is 65.9 cm³/mol. The Balaban J connectivity index is 1.89. The Morgan fingerprint density at radius 3 is 2.53 bits per heavy atom. The first-order valence-corrected chi connectivity index (χ1v) is 7.03. The van der Waals surface area contributed by atoms with Gasteiger partial charge in [0, 0.05) is 24.7 Å². The van der Waals surface area contributed by atoms with E-state index >= 15 is 0 Å². The number of anilines is 1. The van der Waals surface area contributed by atoms with E-state index in [1.54, 1.807) is 0 Å². The highest BCUT2D eigenvalue weighted by molar-refractivity contribution is 7.09. The van der Waals surface area contributed by atoms with E-state index in [0.29, 0.717) is 6.54 Å².